The summed E-state index contributed by atoms with van der Waals surface area (Å²) in [4.78, 5) is 14.9. The van der Waals surface area contributed by atoms with E-state index in [9.17, 15) is 4.79 Å². The number of hydrogen-bond acceptors (Lipinski definition) is 6. The number of nitrogens with two attached hydrogens (primary N) is 1. The van der Waals surface area contributed by atoms with Crippen molar-refractivity contribution in [2.75, 3.05) is 26.2 Å². The van der Waals surface area contributed by atoms with Gasteiger partial charge in [0.05, 0.1) is 24.3 Å². The van der Waals surface area contributed by atoms with Crippen LogP contribution in [-0.2, 0) is 14.3 Å². The van der Waals surface area contributed by atoms with Crippen LogP contribution in [0.4, 0.5) is 0 Å². The summed E-state index contributed by atoms with van der Waals surface area (Å²) >= 11 is 6.08. The Balaban J connectivity index is 1.06. The molecule has 1 aliphatic carbocycles. The molecule has 3 heterocycles. The van der Waals surface area contributed by atoms with Crippen molar-refractivity contribution >= 4 is 28.5 Å². The second-order valence-corrected chi connectivity index (χ2v) is 11.6. The fourth-order valence-corrected chi connectivity index (χ4v) is 6.63. The zero-order valence-electron chi connectivity index (χ0n) is 20.9. The van der Waals surface area contributed by atoms with E-state index in [2.05, 4.69) is 10.1 Å². The maximum absolute atomic E-state index is 12.3. The summed E-state index contributed by atoms with van der Waals surface area (Å²) in [5, 5.41) is 6.15. The first-order valence-corrected chi connectivity index (χ1v) is 13.5. The van der Waals surface area contributed by atoms with Gasteiger partial charge in [-0.1, -0.05) is 29.6 Å². The Bertz CT molecular complexity index is 1020. The van der Waals surface area contributed by atoms with Gasteiger partial charge in [-0.25, -0.2) is 0 Å². The lowest BCUT2D eigenvalue weighted by Gasteiger charge is -2.36. The summed E-state index contributed by atoms with van der Waals surface area (Å²) in [6, 6.07) is 5.79. The van der Waals surface area contributed by atoms with Crippen LogP contribution in [0.5, 0.6) is 0 Å². The molecule has 2 N–H and O–H groups in total. The lowest BCUT2D eigenvalue weighted by atomic mass is 9.73. The van der Waals surface area contributed by atoms with Crippen LogP contribution < -0.4 is 5.73 Å². The second kappa shape index (κ2) is 10.4. The number of nitrogens with zero attached hydrogens (tertiary/aromatic N) is 2. The third kappa shape index (κ3) is 5.68. The summed E-state index contributed by atoms with van der Waals surface area (Å²) in [6.07, 6.45) is 7.64. The largest absolute Gasteiger partial charge is 0.369 e. The molecular weight excluding hydrogens is 466 g/mol. The van der Waals surface area contributed by atoms with Gasteiger partial charge < -0.3 is 24.6 Å². The van der Waals surface area contributed by atoms with Gasteiger partial charge in [-0.3, -0.25) is 4.79 Å². The first-order chi connectivity index (χ1) is 16.8. The smallest absolute Gasteiger partial charge is 0.223 e. The van der Waals surface area contributed by atoms with Crippen molar-refractivity contribution in [2.45, 2.75) is 76.6 Å². The fraction of sp³-hybridized carbons (Fsp3) is 0.704. The van der Waals surface area contributed by atoms with E-state index < -0.39 is 5.79 Å². The maximum Gasteiger partial charge on any atom is 0.223 e. The van der Waals surface area contributed by atoms with Gasteiger partial charge in [0, 0.05) is 22.4 Å². The molecule has 1 aromatic heterocycles. The predicted octanol–water partition coefficient (Wildman–Crippen LogP) is 5.11. The molecule has 3 aliphatic rings. The second-order valence-electron chi connectivity index (χ2n) is 11.2. The predicted molar refractivity (Wildman–Crippen MR) is 135 cm³/mol. The number of rotatable bonds is 7. The van der Waals surface area contributed by atoms with Crippen LogP contribution in [0.1, 0.15) is 70.4 Å². The molecular formula is C27H38ClN3O4. The average molecular weight is 504 g/mol. The van der Waals surface area contributed by atoms with Gasteiger partial charge in [-0.15, -0.1) is 0 Å². The highest BCUT2D eigenvalue weighted by Crippen LogP contribution is 2.40. The average Bonchev–Trinajstić information content (AvgIpc) is 3.41. The number of carbonyl (C=O) groups is 1. The van der Waals surface area contributed by atoms with Gasteiger partial charge in [-0.2, -0.15) is 0 Å². The Morgan fingerprint density at radius 1 is 1.20 bits per heavy atom. The Kier molecular flexibility index (Phi) is 7.40. The van der Waals surface area contributed by atoms with E-state index in [0.29, 0.717) is 23.5 Å². The molecule has 2 aromatic rings. The molecule has 3 fully saturated rings. The van der Waals surface area contributed by atoms with Crippen LogP contribution >= 0.6 is 11.6 Å². The van der Waals surface area contributed by atoms with Crippen molar-refractivity contribution in [2.24, 2.45) is 23.5 Å². The number of ether oxygens (including phenoxy) is 2. The lowest BCUT2D eigenvalue weighted by molar-refractivity contribution is -0.153. The Labute approximate surface area is 212 Å². The van der Waals surface area contributed by atoms with Crippen LogP contribution in [0, 0.1) is 17.8 Å². The van der Waals surface area contributed by atoms with Crippen LogP contribution in [0.25, 0.3) is 11.0 Å². The highest BCUT2D eigenvalue weighted by molar-refractivity contribution is 6.31. The molecule has 1 amide bonds. The van der Waals surface area contributed by atoms with Gasteiger partial charge in [0.25, 0.3) is 0 Å². The Morgan fingerprint density at radius 2 is 1.94 bits per heavy atom. The van der Waals surface area contributed by atoms with Crippen molar-refractivity contribution < 1.29 is 18.8 Å². The number of fused-ring (bicyclic) bond motifs is 1. The van der Waals surface area contributed by atoms with E-state index in [4.69, 9.17) is 31.3 Å². The molecule has 35 heavy (non-hydrogen) atoms. The maximum atomic E-state index is 12.3. The quantitative estimate of drug-likeness (QED) is 0.564. The number of aromatic nitrogens is 1. The van der Waals surface area contributed by atoms with Gasteiger partial charge in [0.2, 0.25) is 5.91 Å². The minimum Gasteiger partial charge on any atom is -0.369 e. The number of carbonyl (C=O) groups excluding carboxylic acids is 1. The molecule has 2 aliphatic heterocycles. The highest BCUT2D eigenvalue weighted by atomic mass is 35.5. The molecule has 8 heteroatoms. The van der Waals surface area contributed by atoms with Crippen molar-refractivity contribution in [1.29, 1.82) is 0 Å². The van der Waals surface area contributed by atoms with Crippen molar-refractivity contribution in [3.8, 4) is 0 Å². The summed E-state index contributed by atoms with van der Waals surface area (Å²) in [5.74, 6) is 0.345. The number of piperidine rings is 1. The van der Waals surface area contributed by atoms with Crippen molar-refractivity contribution in [1.82, 2.24) is 10.1 Å². The van der Waals surface area contributed by atoms with Crippen LogP contribution in [0.2, 0.25) is 5.02 Å². The molecule has 0 radical (unpaired) electrons. The summed E-state index contributed by atoms with van der Waals surface area (Å²) < 4.78 is 17.2. The zero-order chi connectivity index (χ0) is 24.6. The molecule has 0 bridgehead atoms. The van der Waals surface area contributed by atoms with Gasteiger partial charge in [0.1, 0.15) is 0 Å². The number of amides is 1. The lowest BCUT2D eigenvalue weighted by Crippen LogP contribution is -2.42. The molecule has 2 atom stereocenters. The van der Waals surface area contributed by atoms with Crippen LogP contribution in [-0.4, -0.2) is 54.1 Å². The van der Waals surface area contributed by atoms with Crippen molar-refractivity contribution in [3.63, 3.8) is 0 Å². The first-order valence-electron chi connectivity index (χ1n) is 13.2. The third-order valence-corrected chi connectivity index (χ3v) is 8.68. The molecule has 2 saturated heterocycles. The summed E-state index contributed by atoms with van der Waals surface area (Å²) in [6.45, 7) is 7.59. The minimum absolute atomic E-state index is 0.218. The van der Waals surface area contributed by atoms with Gasteiger partial charge in [0.15, 0.2) is 11.4 Å². The number of halogens is 1. The molecule has 1 unspecified atom stereocenters. The molecule has 1 saturated carbocycles. The monoisotopic (exact) mass is 503 g/mol. The molecule has 0 spiro atoms. The molecule has 1 aromatic carbocycles. The number of likely N-dealkylation sites (tertiary alicyclic amines) is 1. The standard InChI is InChI=1S/C27H38ClN3O4/c1-27(2)33-16-23(34-27)24(26(29)32)18-5-3-17(4-6-18)9-12-31-13-10-19(11-14-31)25-21-8-7-20(28)15-22(21)35-30-25/h7-8,15,17-19,23-24H,3-6,9-14,16H2,1-2H3,(H2,29,32)/t17?,18?,23-,24?/m1/s1. The Morgan fingerprint density at radius 3 is 2.60 bits per heavy atom. The van der Waals surface area contributed by atoms with E-state index in [1.807, 2.05) is 32.0 Å². The number of hydrogen-bond donors (Lipinski definition) is 1. The Hall–Kier alpha value is -1.67. The summed E-state index contributed by atoms with van der Waals surface area (Å²) in [5.41, 5.74) is 7.67. The highest BCUT2D eigenvalue weighted by Gasteiger charge is 2.44. The SMILES string of the molecule is CC1(C)OC[C@H](C(C(N)=O)C2CCC(CCN3CCC(c4noc5cc(Cl)ccc45)CC3)CC2)O1. The normalized spacial score (nSPS) is 28.9. The topological polar surface area (TPSA) is 90.8 Å². The van der Waals surface area contributed by atoms with E-state index in [0.717, 1.165) is 80.7 Å². The number of primary amides is 1. The zero-order valence-corrected chi connectivity index (χ0v) is 21.6. The first kappa shape index (κ1) is 25.0. The van der Waals surface area contributed by atoms with Crippen LogP contribution in [0.3, 0.4) is 0 Å². The summed E-state index contributed by atoms with van der Waals surface area (Å²) in [7, 11) is 0. The van der Waals surface area contributed by atoms with Gasteiger partial charge in [-0.05, 0) is 89.6 Å². The third-order valence-electron chi connectivity index (χ3n) is 8.45. The van der Waals surface area contributed by atoms with E-state index in [1.54, 1.807) is 0 Å². The van der Waals surface area contributed by atoms with Gasteiger partial charge >= 0.3 is 0 Å². The fourth-order valence-electron chi connectivity index (χ4n) is 6.47. The van der Waals surface area contributed by atoms with Crippen LogP contribution in [0.15, 0.2) is 22.7 Å². The van der Waals surface area contributed by atoms with E-state index in [1.165, 1.54) is 6.42 Å². The van der Waals surface area contributed by atoms with Crippen molar-refractivity contribution in [3.05, 3.63) is 28.9 Å². The minimum atomic E-state index is -0.627. The number of benzene rings is 1. The molecule has 192 valence electrons. The van der Waals surface area contributed by atoms with E-state index in [-0.39, 0.29) is 17.9 Å². The molecule has 7 nitrogen and oxygen atoms in total. The molecule has 5 rings (SSSR count). The van der Waals surface area contributed by atoms with E-state index >= 15 is 0 Å².